The Morgan fingerprint density at radius 2 is 1.41 bits per heavy atom. The van der Waals surface area contributed by atoms with Crippen molar-refractivity contribution in [1.29, 1.82) is 0 Å². The summed E-state index contributed by atoms with van der Waals surface area (Å²) in [6.45, 7) is 5.81. The molecule has 154 valence electrons. The average molecular weight is 396 g/mol. The number of rotatable bonds is 9. The van der Waals surface area contributed by atoms with Gasteiger partial charge >= 0.3 is 0 Å². The van der Waals surface area contributed by atoms with E-state index < -0.39 is 11.9 Å². The molecule has 0 aliphatic heterocycles. The number of primary amides is 1. The molecule has 0 saturated carbocycles. The van der Waals surface area contributed by atoms with Crippen molar-refractivity contribution < 1.29 is 14.4 Å². The monoisotopic (exact) mass is 395 g/mol. The van der Waals surface area contributed by atoms with E-state index in [1.165, 1.54) is 0 Å². The molecule has 4 N–H and O–H groups in total. The van der Waals surface area contributed by atoms with Crippen LogP contribution in [0.4, 0.5) is 0 Å². The van der Waals surface area contributed by atoms with Gasteiger partial charge in [-0.2, -0.15) is 0 Å². The number of carbonyl (C=O) groups excluding carboxylic acids is 3. The highest BCUT2D eigenvalue weighted by molar-refractivity contribution is 5.89. The van der Waals surface area contributed by atoms with Crippen LogP contribution in [0.25, 0.3) is 0 Å². The Kier molecular flexibility index (Phi) is 7.95. The normalized spacial score (nSPS) is 12.7. The quantitative estimate of drug-likeness (QED) is 0.608. The molecule has 3 amide bonds. The first kappa shape index (κ1) is 22.1. The molecule has 6 nitrogen and oxygen atoms in total. The smallest absolute Gasteiger partial charge is 0.240 e. The number of hydrogen-bond acceptors (Lipinski definition) is 3. The van der Waals surface area contributed by atoms with Gasteiger partial charge in [0.05, 0.1) is 6.04 Å². The zero-order valence-electron chi connectivity index (χ0n) is 17.2. The number of nitrogens with two attached hydrogens (primary N) is 1. The van der Waals surface area contributed by atoms with Gasteiger partial charge < -0.3 is 16.4 Å². The average Bonchev–Trinajstić information content (AvgIpc) is 2.69. The Labute approximate surface area is 171 Å². The summed E-state index contributed by atoms with van der Waals surface area (Å²) < 4.78 is 0. The second kappa shape index (κ2) is 10.4. The van der Waals surface area contributed by atoms with E-state index in [2.05, 4.69) is 10.6 Å². The molecular weight excluding hydrogens is 366 g/mol. The summed E-state index contributed by atoms with van der Waals surface area (Å²) >= 11 is 0. The molecule has 2 rings (SSSR count). The third-order valence-corrected chi connectivity index (χ3v) is 4.99. The summed E-state index contributed by atoms with van der Waals surface area (Å²) in [6.07, 6.45) is 0.360. The van der Waals surface area contributed by atoms with Crippen molar-refractivity contribution in [2.24, 2.45) is 5.73 Å². The van der Waals surface area contributed by atoms with E-state index in [4.69, 9.17) is 5.73 Å². The van der Waals surface area contributed by atoms with Crippen LogP contribution in [0.5, 0.6) is 0 Å². The predicted octanol–water partition coefficient (Wildman–Crippen LogP) is 2.47. The SMILES string of the molecule is Cc1cccc(C)c1C[C@H](NC(=O)CCC(=O)N[C@H](C)c1ccccc1)C(N)=O. The van der Waals surface area contributed by atoms with Gasteiger partial charge in [0.2, 0.25) is 17.7 Å². The molecule has 0 aromatic heterocycles. The fraction of sp³-hybridized carbons (Fsp3) is 0.348. The molecule has 0 saturated heterocycles. The molecule has 2 aromatic rings. The van der Waals surface area contributed by atoms with Gasteiger partial charge in [0, 0.05) is 19.3 Å². The van der Waals surface area contributed by atoms with Crippen molar-refractivity contribution in [2.75, 3.05) is 0 Å². The van der Waals surface area contributed by atoms with Gasteiger partial charge in [0.15, 0.2) is 0 Å². The molecule has 0 aliphatic rings. The lowest BCUT2D eigenvalue weighted by Crippen LogP contribution is -2.46. The second-order valence-electron chi connectivity index (χ2n) is 7.30. The summed E-state index contributed by atoms with van der Waals surface area (Å²) in [5, 5.41) is 5.54. The largest absolute Gasteiger partial charge is 0.368 e. The van der Waals surface area contributed by atoms with E-state index in [0.29, 0.717) is 6.42 Å². The summed E-state index contributed by atoms with van der Waals surface area (Å²) in [5.74, 6) is -1.19. The summed E-state index contributed by atoms with van der Waals surface area (Å²) in [6, 6.07) is 14.5. The van der Waals surface area contributed by atoms with E-state index in [9.17, 15) is 14.4 Å². The van der Waals surface area contributed by atoms with Crippen molar-refractivity contribution in [3.8, 4) is 0 Å². The molecule has 0 spiro atoms. The number of hydrogen-bond donors (Lipinski definition) is 3. The van der Waals surface area contributed by atoms with Crippen LogP contribution in [-0.4, -0.2) is 23.8 Å². The minimum absolute atomic E-state index is 0.0100. The van der Waals surface area contributed by atoms with Crippen molar-refractivity contribution in [1.82, 2.24) is 10.6 Å². The fourth-order valence-corrected chi connectivity index (χ4v) is 3.23. The van der Waals surface area contributed by atoms with Gasteiger partial charge in [-0.15, -0.1) is 0 Å². The molecule has 0 unspecified atom stereocenters. The van der Waals surface area contributed by atoms with Crippen LogP contribution in [0.15, 0.2) is 48.5 Å². The van der Waals surface area contributed by atoms with E-state index >= 15 is 0 Å². The molecule has 0 aliphatic carbocycles. The van der Waals surface area contributed by atoms with Gasteiger partial charge in [-0.3, -0.25) is 14.4 Å². The zero-order valence-corrected chi connectivity index (χ0v) is 17.2. The summed E-state index contributed by atoms with van der Waals surface area (Å²) in [4.78, 5) is 36.3. The van der Waals surface area contributed by atoms with Crippen LogP contribution < -0.4 is 16.4 Å². The standard InChI is InChI=1S/C23H29N3O3/c1-15-8-7-9-16(2)19(15)14-20(23(24)29)26-22(28)13-12-21(27)25-17(3)18-10-5-4-6-11-18/h4-11,17,20H,12-14H2,1-3H3,(H2,24,29)(H,25,27)(H,26,28)/t17-,20+/m1/s1. The minimum Gasteiger partial charge on any atom is -0.368 e. The molecule has 29 heavy (non-hydrogen) atoms. The molecule has 0 fully saturated rings. The van der Waals surface area contributed by atoms with Crippen molar-refractivity contribution in [3.05, 3.63) is 70.8 Å². The van der Waals surface area contributed by atoms with Gasteiger partial charge in [-0.1, -0.05) is 48.5 Å². The zero-order chi connectivity index (χ0) is 21.4. The van der Waals surface area contributed by atoms with E-state index in [0.717, 1.165) is 22.3 Å². The van der Waals surface area contributed by atoms with E-state index in [1.54, 1.807) is 0 Å². The third kappa shape index (κ3) is 6.75. The predicted molar refractivity (Wildman–Crippen MR) is 113 cm³/mol. The topological polar surface area (TPSA) is 101 Å². The van der Waals surface area contributed by atoms with Crippen LogP contribution in [0.1, 0.15) is 48.1 Å². The van der Waals surface area contributed by atoms with Crippen LogP contribution in [0.2, 0.25) is 0 Å². The Morgan fingerprint density at radius 3 is 1.97 bits per heavy atom. The van der Waals surface area contributed by atoms with Crippen LogP contribution >= 0.6 is 0 Å². The first-order valence-corrected chi connectivity index (χ1v) is 9.76. The fourth-order valence-electron chi connectivity index (χ4n) is 3.23. The Hall–Kier alpha value is -3.15. The van der Waals surface area contributed by atoms with E-state index in [1.807, 2.05) is 69.3 Å². The highest BCUT2D eigenvalue weighted by atomic mass is 16.2. The van der Waals surface area contributed by atoms with Crippen LogP contribution in [0.3, 0.4) is 0 Å². The first-order chi connectivity index (χ1) is 13.8. The number of nitrogens with one attached hydrogen (secondary N) is 2. The molecule has 0 heterocycles. The maximum atomic E-state index is 12.3. The molecular formula is C23H29N3O3. The van der Waals surface area contributed by atoms with Crippen molar-refractivity contribution in [3.63, 3.8) is 0 Å². The number of benzene rings is 2. The lowest BCUT2D eigenvalue weighted by Gasteiger charge is -2.18. The van der Waals surface area contributed by atoms with Gasteiger partial charge in [-0.05, 0) is 43.0 Å². The summed E-state index contributed by atoms with van der Waals surface area (Å²) in [7, 11) is 0. The minimum atomic E-state index is -0.811. The highest BCUT2D eigenvalue weighted by Crippen LogP contribution is 2.16. The Balaban J connectivity index is 1.87. The Morgan fingerprint density at radius 1 is 0.862 bits per heavy atom. The maximum absolute atomic E-state index is 12.3. The molecule has 2 aromatic carbocycles. The third-order valence-electron chi connectivity index (χ3n) is 4.99. The second-order valence-corrected chi connectivity index (χ2v) is 7.30. The van der Waals surface area contributed by atoms with Crippen LogP contribution in [-0.2, 0) is 20.8 Å². The molecule has 2 atom stereocenters. The van der Waals surface area contributed by atoms with E-state index in [-0.39, 0.29) is 30.7 Å². The van der Waals surface area contributed by atoms with Crippen LogP contribution in [0, 0.1) is 13.8 Å². The molecule has 0 bridgehead atoms. The van der Waals surface area contributed by atoms with Crippen molar-refractivity contribution in [2.45, 2.75) is 52.1 Å². The summed E-state index contributed by atoms with van der Waals surface area (Å²) in [5.41, 5.74) is 9.55. The molecule has 0 radical (unpaired) electrons. The van der Waals surface area contributed by atoms with Gasteiger partial charge in [0.1, 0.15) is 6.04 Å². The first-order valence-electron chi connectivity index (χ1n) is 9.76. The van der Waals surface area contributed by atoms with Gasteiger partial charge in [0.25, 0.3) is 0 Å². The Bertz CT molecular complexity index is 845. The highest BCUT2D eigenvalue weighted by Gasteiger charge is 2.21. The number of amides is 3. The maximum Gasteiger partial charge on any atom is 0.240 e. The number of aryl methyl sites for hydroxylation is 2. The lowest BCUT2D eigenvalue weighted by atomic mass is 9.96. The number of carbonyl (C=O) groups is 3. The molecule has 6 heteroatoms. The van der Waals surface area contributed by atoms with Crippen molar-refractivity contribution >= 4 is 17.7 Å². The van der Waals surface area contributed by atoms with Gasteiger partial charge in [-0.25, -0.2) is 0 Å². The lowest BCUT2D eigenvalue weighted by molar-refractivity contribution is -0.129.